The van der Waals surface area contributed by atoms with Crippen LogP contribution in [0.3, 0.4) is 0 Å². The zero-order valence-corrected chi connectivity index (χ0v) is 9.52. The van der Waals surface area contributed by atoms with Crippen molar-refractivity contribution in [2.24, 2.45) is 16.8 Å². The fourth-order valence-electron chi connectivity index (χ4n) is 0.640. The quantitative estimate of drug-likeness (QED) is 0.510. The highest BCUT2D eigenvalue weighted by Gasteiger charge is 2.03. The van der Waals surface area contributed by atoms with Gasteiger partial charge in [-0.05, 0) is 24.2 Å². The van der Waals surface area contributed by atoms with Crippen molar-refractivity contribution in [1.29, 1.82) is 0 Å². The summed E-state index contributed by atoms with van der Waals surface area (Å²) in [5.74, 6) is 0.975. The Hall–Kier alpha value is -0.240. The number of hydrogen-bond donors (Lipinski definition) is 1. The SMILES string of the molecule is CC(=N/C(=C\S)C(C)C)C(C)C. The first-order chi connectivity index (χ1) is 5.49. The van der Waals surface area contributed by atoms with Gasteiger partial charge in [-0.3, -0.25) is 4.99 Å². The molecule has 0 atom stereocenters. The Balaban J connectivity index is 4.49. The predicted octanol–water partition coefficient (Wildman–Crippen LogP) is 3.53. The van der Waals surface area contributed by atoms with Crippen LogP contribution in [0.4, 0.5) is 0 Å². The molecule has 0 bridgehead atoms. The highest BCUT2D eigenvalue weighted by molar-refractivity contribution is 7.83. The summed E-state index contributed by atoms with van der Waals surface area (Å²) in [6.45, 7) is 10.6. The summed E-state index contributed by atoms with van der Waals surface area (Å²) < 4.78 is 0. The van der Waals surface area contributed by atoms with E-state index in [0.29, 0.717) is 11.8 Å². The van der Waals surface area contributed by atoms with Crippen LogP contribution in [-0.2, 0) is 0 Å². The lowest BCUT2D eigenvalue weighted by Gasteiger charge is -2.08. The fourth-order valence-corrected chi connectivity index (χ4v) is 0.996. The molecule has 0 aromatic rings. The smallest absolute Gasteiger partial charge is 0.0488 e. The van der Waals surface area contributed by atoms with E-state index >= 15 is 0 Å². The van der Waals surface area contributed by atoms with Crippen molar-refractivity contribution < 1.29 is 0 Å². The van der Waals surface area contributed by atoms with E-state index in [0.717, 1.165) is 5.70 Å². The minimum absolute atomic E-state index is 0.455. The maximum atomic E-state index is 4.50. The molecule has 0 N–H and O–H groups in total. The fraction of sp³-hybridized carbons (Fsp3) is 0.700. The molecule has 2 heteroatoms. The lowest BCUT2D eigenvalue weighted by atomic mass is 10.1. The molecule has 70 valence electrons. The van der Waals surface area contributed by atoms with Crippen LogP contribution in [0.25, 0.3) is 0 Å². The number of allylic oxidation sites excluding steroid dienone is 1. The van der Waals surface area contributed by atoms with Gasteiger partial charge in [0.15, 0.2) is 0 Å². The summed E-state index contributed by atoms with van der Waals surface area (Å²) in [7, 11) is 0. The van der Waals surface area contributed by atoms with Gasteiger partial charge in [-0.25, -0.2) is 0 Å². The normalized spacial score (nSPS) is 14.7. The Bertz CT molecular complexity index is 190. The molecular formula is C10H19NS. The van der Waals surface area contributed by atoms with Crippen LogP contribution >= 0.6 is 12.6 Å². The maximum absolute atomic E-state index is 4.50. The zero-order chi connectivity index (χ0) is 9.72. The Kier molecular flexibility index (Phi) is 5.31. The van der Waals surface area contributed by atoms with Gasteiger partial charge in [-0.1, -0.05) is 27.7 Å². The summed E-state index contributed by atoms with van der Waals surface area (Å²) in [4.78, 5) is 4.50. The molecule has 0 aromatic heterocycles. The number of thiol groups is 1. The average Bonchev–Trinajstić information content (AvgIpc) is 1.98. The van der Waals surface area contributed by atoms with E-state index in [1.807, 2.05) is 0 Å². The summed E-state index contributed by atoms with van der Waals surface area (Å²) in [5, 5.41) is 1.79. The van der Waals surface area contributed by atoms with E-state index in [1.54, 1.807) is 5.41 Å². The molecule has 1 nitrogen and oxygen atoms in total. The lowest BCUT2D eigenvalue weighted by molar-refractivity contribution is 0.753. The Morgan fingerprint density at radius 3 is 1.92 bits per heavy atom. The molecule has 0 aliphatic rings. The van der Waals surface area contributed by atoms with E-state index < -0.39 is 0 Å². The molecule has 0 aliphatic carbocycles. The number of aliphatic imine (C=N–C) groups is 1. The monoisotopic (exact) mass is 185 g/mol. The van der Waals surface area contributed by atoms with Crippen LogP contribution < -0.4 is 0 Å². The average molecular weight is 185 g/mol. The van der Waals surface area contributed by atoms with Crippen LogP contribution in [0.1, 0.15) is 34.6 Å². The first kappa shape index (κ1) is 11.8. The molecule has 0 heterocycles. The summed E-state index contributed by atoms with van der Waals surface area (Å²) >= 11 is 4.13. The van der Waals surface area contributed by atoms with Gasteiger partial charge in [0.05, 0.1) is 0 Å². The first-order valence-corrected chi connectivity index (χ1v) is 4.90. The van der Waals surface area contributed by atoms with Crippen molar-refractivity contribution in [1.82, 2.24) is 0 Å². The number of rotatable bonds is 3. The lowest BCUT2D eigenvalue weighted by Crippen LogP contribution is -2.03. The van der Waals surface area contributed by atoms with Crippen molar-refractivity contribution in [3.63, 3.8) is 0 Å². The number of hydrogen-bond acceptors (Lipinski definition) is 2. The summed E-state index contributed by atoms with van der Waals surface area (Å²) in [6.07, 6.45) is 0. The van der Waals surface area contributed by atoms with E-state index in [4.69, 9.17) is 0 Å². The molecule has 0 radical (unpaired) electrons. The van der Waals surface area contributed by atoms with E-state index in [9.17, 15) is 0 Å². The van der Waals surface area contributed by atoms with Crippen molar-refractivity contribution in [3.8, 4) is 0 Å². The van der Waals surface area contributed by atoms with Crippen molar-refractivity contribution in [2.75, 3.05) is 0 Å². The van der Waals surface area contributed by atoms with Crippen molar-refractivity contribution in [3.05, 3.63) is 11.1 Å². The molecule has 12 heavy (non-hydrogen) atoms. The zero-order valence-electron chi connectivity index (χ0n) is 8.63. The van der Waals surface area contributed by atoms with Crippen LogP contribution in [0.15, 0.2) is 16.1 Å². The molecule has 0 unspecified atom stereocenters. The Labute approximate surface area is 81.4 Å². The first-order valence-electron chi connectivity index (χ1n) is 4.38. The maximum Gasteiger partial charge on any atom is 0.0488 e. The van der Waals surface area contributed by atoms with Crippen molar-refractivity contribution in [2.45, 2.75) is 34.6 Å². The molecule has 0 saturated carbocycles. The van der Waals surface area contributed by atoms with E-state index in [2.05, 4.69) is 52.2 Å². The molecule has 0 aromatic carbocycles. The van der Waals surface area contributed by atoms with Crippen LogP contribution in [0.5, 0.6) is 0 Å². The van der Waals surface area contributed by atoms with Crippen LogP contribution in [0, 0.1) is 11.8 Å². The third-order valence-corrected chi connectivity index (χ3v) is 2.13. The van der Waals surface area contributed by atoms with Gasteiger partial charge >= 0.3 is 0 Å². The summed E-state index contributed by atoms with van der Waals surface area (Å²) in [5.41, 5.74) is 2.23. The van der Waals surface area contributed by atoms with Crippen LogP contribution in [0.2, 0.25) is 0 Å². The van der Waals surface area contributed by atoms with Gasteiger partial charge in [-0.2, -0.15) is 0 Å². The third-order valence-electron chi connectivity index (χ3n) is 1.86. The molecule has 0 amide bonds. The molecule has 0 aliphatic heterocycles. The van der Waals surface area contributed by atoms with Gasteiger partial charge in [0, 0.05) is 11.4 Å². The largest absolute Gasteiger partial charge is 0.261 e. The third kappa shape index (κ3) is 3.96. The summed E-state index contributed by atoms with van der Waals surface area (Å²) in [6, 6.07) is 0. The molecule has 0 fully saturated rings. The Morgan fingerprint density at radius 2 is 1.67 bits per heavy atom. The van der Waals surface area contributed by atoms with Gasteiger partial charge in [0.25, 0.3) is 0 Å². The van der Waals surface area contributed by atoms with Gasteiger partial charge < -0.3 is 0 Å². The molecule has 0 spiro atoms. The second-order valence-electron chi connectivity index (χ2n) is 3.62. The predicted molar refractivity (Wildman–Crippen MR) is 59.9 cm³/mol. The Morgan fingerprint density at radius 1 is 1.17 bits per heavy atom. The molecular weight excluding hydrogens is 166 g/mol. The number of nitrogens with zero attached hydrogens (tertiary/aromatic N) is 1. The van der Waals surface area contributed by atoms with Crippen molar-refractivity contribution >= 4 is 18.3 Å². The van der Waals surface area contributed by atoms with E-state index in [1.165, 1.54) is 5.71 Å². The second kappa shape index (κ2) is 5.41. The van der Waals surface area contributed by atoms with Gasteiger partial charge in [-0.15, -0.1) is 12.6 Å². The highest BCUT2D eigenvalue weighted by Crippen LogP contribution is 2.13. The standard InChI is InChI=1S/C10H19NS/c1-7(2)9(5)11-10(6-12)8(3)4/h6-8,12H,1-5H3/b10-6-,11-9?. The van der Waals surface area contributed by atoms with E-state index in [-0.39, 0.29) is 0 Å². The van der Waals surface area contributed by atoms with Crippen LogP contribution in [-0.4, -0.2) is 5.71 Å². The minimum atomic E-state index is 0.455. The highest BCUT2D eigenvalue weighted by atomic mass is 32.1. The topological polar surface area (TPSA) is 12.4 Å². The second-order valence-corrected chi connectivity index (χ2v) is 3.87. The molecule has 0 rings (SSSR count). The van der Waals surface area contributed by atoms with Gasteiger partial charge in [0.2, 0.25) is 0 Å². The van der Waals surface area contributed by atoms with Gasteiger partial charge in [0.1, 0.15) is 0 Å². The molecule has 0 saturated heterocycles. The minimum Gasteiger partial charge on any atom is -0.261 e.